The number of rotatable bonds is 2. The van der Waals surface area contributed by atoms with Gasteiger partial charge in [-0.15, -0.1) is 11.6 Å². The molecule has 3 saturated carbocycles. The lowest BCUT2D eigenvalue weighted by molar-refractivity contribution is -0.124. The highest BCUT2D eigenvalue weighted by Gasteiger charge is 2.68. The SMILES string of the molecule is Cc1cccc(C23CC(CCl)(C2)C3)c1F. The van der Waals surface area contributed by atoms with Crippen molar-refractivity contribution in [3.05, 3.63) is 35.1 Å². The standard InChI is InChI=1S/C13H14ClF/c1-9-3-2-4-10(11(9)15)13-5-12(6-13,7-13)8-14/h2-4H,5-8H2,1H3. The molecule has 0 amide bonds. The summed E-state index contributed by atoms with van der Waals surface area (Å²) < 4.78 is 13.9. The van der Waals surface area contributed by atoms with Crippen LogP contribution in [0.15, 0.2) is 18.2 Å². The van der Waals surface area contributed by atoms with Gasteiger partial charge in [-0.2, -0.15) is 0 Å². The maximum atomic E-state index is 13.9. The smallest absolute Gasteiger partial charge is 0.129 e. The summed E-state index contributed by atoms with van der Waals surface area (Å²) >= 11 is 5.91. The molecular weight excluding hydrogens is 211 g/mol. The van der Waals surface area contributed by atoms with Crippen LogP contribution in [0.3, 0.4) is 0 Å². The Labute approximate surface area is 94.4 Å². The molecule has 0 N–H and O–H groups in total. The Hall–Kier alpha value is -0.560. The molecule has 0 radical (unpaired) electrons. The lowest BCUT2D eigenvalue weighted by Crippen LogP contribution is -2.65. The van der Waals surface area contributed by atoms with Crippen molar-refractivity contribution < 1.29 is 4.39 Å². The summed E-state index contributed by atoms with van der Waals surface area (Å²) in [6.45, 7) is 1.83. The second-order valence-corrected chi connectivity index (χ2v) is 5.65. The van der Waals surface area contributed by atoms with Gasteiger partial charge in [-0.1, -0.05) is 18.2 Å². The minimum absolute atomic E-state index is 0.000345. The molecule has 4 rings (SSSR count). The summed E-state index contributed by atoms with van der Waals surface area (Å²) in [4.78, 5) is 0. The largest absolute Gasteiger partial charge is 0.206 e. The Morgan fingerprint density at radius 1 is 1.33 bits per heavy atom. The zero-order valence-electron chi connectivity index (χ0n) is 8.82. The summed E-state index contributed by atoms with van der Waals surface area (Å²) in [5.74, 6) is 0.739. The van der Waals surface area contributed by atoms with Crippen LogP contribution in [0, 0.1) is 18.2 Å². The van der Waals surface area contributed by atoms with Crippen molar-refractivity contribution in [2.24, 2.45) is 5.41 Å². The maximum absolute atomic E-state index is 13.9. The lowest BCUT2D eigenvalue weighted by atomic mass is 9.34. The van der Waals surface area contributed by atoms with E-state index in [0.717, 1.165) is 36.3 Å². The quantitative estimate of drug-likeness (QED) is 0.671. The van der Waals surface area contributed by atoms with Gasteiger partial charge in [-0.05, 0) is 48.1 Å². The number of halogens is 2. The number of benzene rings is 1. The molecule has 2 heteroatoms. The Balaban J connectivity index is 1.94. The minimum Gasteiger partial charge on any atom is -0.206 e. The minimum atomic E-state index is 0.000345. The first-order chi connectivity index (χ1) is 7.11. The van der Waals surface area contributed by atoms with Gasteiger partial charge in [0.1, 0.15) is 5.82 Å². The van der Waals surface area contributed by atoms with Gasteiger partial charge in [0.15, 0.2) is 0 Å². The first kappa shape index (κ1) is 9.65. The van der Waals surface area contributed by atoms with E-state index < -0.39 is 0 Å². The third-order valence-corrected chi connectivity index (χ3v) is 4.75. The summed E-state index contributed by atoms with van der Waals surface area (Å²) in [5.41, 5.74) is 2.19. The molecular formula is C13H14ClF. The zero-order valence-corrected chi connectivity index (χ0v) is 9.57. The molecule has 0 nitrogen and oxygen atoms in total. The molecule has 15 heavy (non-hydrogen) atoms. The van der Waals surface area contributed by atoms with E-state index in [1.807, 2.05) is 25.1 Å². The van der Waals surface area contributed by atoms with E-state index in [4.69, 9.17) is 11.6 Å². The van der Waals surface area contributed by atoms with Crippen LogP contribution in [-0.2, 0) is 5.41 Å². The fraction of sp³-hybridized carbons (Fsp3) is 0.538. The molecule has 0 aromatic heterocycles. The number of hydrogen-bond donors (Lipinski definition) is 0. The summed E-state index contributed by atoms with van der Waals surface area (Å²) in [6.07, 6.45) is 3.26. The van der Waals surface area contributed by atoms with E-state index in [1.54, 1.807) is 0 Å². The summed E-state index contributed by atoms with van der Waals surface area (Å²) in [7, 11) is 0. The monoisotopic (exact) mass is 224 g/mol. The third kappa shape index (κ3) is 1.08. The van der Waals surface area contributed by atoms with Gasteiger partial charge in [0.25, 0.3) is 0 Å². The fourth-order valence-electron chi connectivity index (χ4n) is 3.48. The van der Waals surface area contributed by atoms with E-state index in [0.29, 0.717) is 5.41 Å². The van der Waals surface area contributed by atoms with Crippen LogP contribution in [0.1, 0.15) is 30.4 Å². The van der Waals surface area contributed by atoms with Crippen molar-refractivity contribution in [3.8, 4) is 0 Å². The van der Waals surface area contributed by atoms with Crippen molar-refractivity contribution >= 4 is 11.6 Å². The van der Waals surface area contributed by atoms with Crippen LogP contribution in [0.2, 0.25) is 0 Å². The molecule has 0 spiro atoms. The van der Waals surface area contributed by atoms with Crippen LogP contribution in [0.25, 0.3) is 0 Å². The summed E-state index contributed by atoms with van der Waals surface area (Å²) in [5, 5.41) is 0. The molecule has 80 valence electrons. The van der Waals surface area contributed by atoms with E-state index >= 15 is 0 Å². The van der Waals surface area contributed by atoms with Crippen LogP contribution >= 0.6 is 11.6 Å². The van der Waals surface area contributed by atoms with Crippen molar-refractivity contribution in [1.82, 2.24) is 0 Å². The second-order valence-electron chi connectivity index (χ2n) is 5.38. The molecule has 1 aromatic carbocycles. The van der Waals surface area contributed by atoms with Crippen LogP contribution in [0.5, 0.6) is 0 Å². The Morgan fingerprint density at radius 3 is 2.60 bits per heavy atom. The highest BCUT2D eigenvalue weighted by atomic mass is 35.5. The van der Waals surface area contributed by atoms with Crippen molar-refractivity contribution in [2.75, 3.05) is 5.88 Å². The molecule has 0 heterocycles. The molecule has 3 fully saturated rings. The fourth-order valence-corrected chi connectivity index (χ4v) is 3.77. The van der Waals surface area contributed by atoms with Gasteiger partial charge >= 0.3 is 0 Å². The van der Waals surface area contributed by atoms with Crippen LogP contribution in [-0.4, -0.2) is 5.88 Å². The summed E-state index contributed by atoms with van der Waals surface area (Å²) in [6, 6.07) is 5.74. The first-order valence-corrected chi connectivity index (χ1v) is 5.96. The van der Waals surface area contributed by atoms with E-state index in [-0.39, 0.29) is 11.2 Å². The average molecular weight is 225 g/mol. The highest BCUT2D eigenvalue weighted by Crippen LogP contribution is 2.74. The first-order valence-electron chi connectivity index (χ1n) is 5.43. The Morgan fingerprint density at radius 2 is 2.00 bits per heavy atom. The van der Waals surface area contributed by atoms with Crippen LogP contribution < -0.4 is 0 Å². The highest BCUT2D eigenvalue weighted by molar-refractivity contribution is 6.18. The van der Waals surface area contributed by atoms with E-state index in [1.165, 1.54) is 0 Å². The van der Waals surface area contributed by atoms with E-state index in [9.17, 15) is 4.39 Å². The number of hydrogen-bond acceptors (Lipinski definition) is 0. The third-order valence-electron chi connectivity index (χ3n) is 4.19. The van der Waals surface area contributed by atoms with Gasteiger partial charge in [0, 0.05) is 5.88 Å². The molecule has 0 unspecified atom stereocenters. The lowest BCUT2D eigenvalue weighted by Gasteiger charge is -2.70. The zero-order chi connectivity index (χ0) is 10.7. The van der Waals surface area contributed by atoms with Crippen molar-refractivity contribution in [1.29, 1.82) is 0 Å². The molecule has 1 aromatic rings. The molecule has 0 saturated heterocycles. The molecule has 3 aliphatic rings. The van der Waals surface area contributed by atoms with Gasteiger partial charge in [0.05, 0.1) is 0 Å². The predicted molar refractivity (Wildman–Crippen MR) is 59.8 cm³/mol. The maximum Gasteiger partial charge on any atom is 0.129 e. The average Bonchev–Trinajstić information content (AvgIpc) is 2.08. The predicted octanol–water partition coefficient (Wildman–Crippen LogP) is 3.79. The second kappa shape index (κ2) is 2.76. The number of aryl methyl sites for hydroxylation is 1. The van der Waals surface area contributed by atoms with Crippen molar-refractivity contribution in [2.45, 2.75) is 31.6 Å². The van der Waals surface area contributed by atoms with Gasteiger partial charge in [-0.3, -0.25) is 0 Å². The molecule has 3 aliphatic carbocycles. The molecule has 0 atom stereocenters. The van der Waals surface area contributed by atoms with E-state index in [2.05, 4.69) is 0 Å². The van der Waals surface area contributed by atoms with Crippen molar-refractivity contribution in [3.63, 3.8) is 0 Å². The normalized spacial score (nSPS) is 37.0. The molecule has 2 bridgehead atoms. The van der Waals surface area contributed by atoms with Gasteiger partial charge < -0.3 is 0 Å². The number of alkyl halides is 1. The Bertz CT molecular complexity index is 405. The van der Waals surface area contributed by atoms with Gasteiger partial charge in [-0.25, -0.2) is 4.39 Å². The topological polar surface area (TPSA) is 0 Å². The Kier molecular flexibility index (Phi) is 1.78. The molecule has 0 aliphatic heterocycles. The van der Waals surface area contributed by atoms with Crippen LogP contribution in [0.4, 0.5) is 4.39 Å². The van der Waals surface area contributed by atoms with Gasteiger partial charge in [0.2, 0.25) is 0 Å².